The van der Waals surface area contributed by atoms with E-state index in [1.807, 2.05) is 6.08 Å². The number of hydrogen-bond acceptors (Lipinski definition) is 1. The molecule has 0 atom stereocenters. The second kappa shape index (κ2) is 11.9. The molecule has 0 aliphatic carbocycles. The highest BCUT2D eigenvalue weighted by molar-refractivity contribution is 5.01. The van der Waals surface area contributed by atoms with Gasteiger partial charge in [0, 0.05) is 13.1 Å². The lowest BCUT2D eigenvalue weighted by Crippen LogP contribution is -2.25. The second-order valence-electron chi connectivity index (χ2n) is 4.68. The lowest BCUT2D eigenvalue weighted by atomic mass is 10.1. The zero-order chi connectivity index (χ0) is 12.9. The third kappa shape index (κ3) is 9.17. The molecule has 0 aliphatic rings. The summed E-state index contributed by atoms with van der Waals surface area (Å²) in [7, 11) is 0. The van der Waals surface area contributed by atoms with Gasteiger partial charge in [0.25, 0.3) is 0 Å². The van der Waals surface area contributed by atoms with Gasteiger partial charge in [-0.2, -0.15) is 0 Å². The van der Waals surface area contributed by atoms with Gasteiger partial charge >= 0.3 is 0 Å². The Labute approximate surface area is 109 Å². The first-order valence-corrected chi connectivity index (χ1v) is 7.29. The maximum atomic E-state index is 3.85. The molecule has 0 N–H and O–H groups in total. The SMILES string of the molecule is C=CCN(CC=C(CC)CC)CCCCCC. The van der Waals surface area contributed by atoms with E-state index < -0.39 is 0 Å². The molecule has 0 amide bonds. The molecule has 0 fully saturated rings. The highest BCUT2D eigenvalue weighted by Gasteiger charge is 2.01. The first-order valence-electron chi connectivity index (χ1n) is 7.29. The van der Waals surface area contributed by atoms with Gasteiger partial charge in [-0.3, -0.25) is 4.90 Å². The molecule has 0 aromatic heterocycles. The molecule has 0 aromatic rings. The van der Waals surface area contributed by atoms with Crippen molar-refractivity contribution in [2.45, 2.75) is 59.3 Å². The maximum absolute atomic E-state index is 3.85. The van der Waals surface area contributed by atoms with Crippen LogP contribution in [0, 0.1) is 0 Å². The molecule has 1 heteroatoms. The zero-order valence-corrected chi connectivity index (χ0v) is 12.2. The van der Waals surface area contributed by atoms with Crippen molar-refractivity contribution in [2.75, 3.05) is 19.6 Å². The van der Waals surface area contributed by atoms with Gasteiger partial charge in [-0.1, -0.05) is 57.8 Å². The van der Waals surface area contributed by atoms with Crippen LogP contribution < -0.4 is 0 Å². The number of rotatable bonds is 11. The maximum Gasteiger partial charge on any atom is 0.0169 e. The van der Waals surface area contributed by atoms with E-state index in [0.29, 0.717) is 0 Å². The summed E-state index contributed by atoms with van der Waals surface area (Å²) in [4.78, 5) is 2.49. The minimum Gasteiger partial charge on any atom is -0.296 e. The van der Waals surface area contributed by atoms with Crippen LogP contribution in [-0.4, -0.2) is 24.5 Å². The lowest BCUT2D eigenvalue weighted by molar-refractivity contribution is 0.324. The Morgan fingerprint density at radius 2 is 1.71 bits per heavy atom. The molecule has 0 radical (unpaired) electrons. The van der Waals surface area contributed by atoms with Crippen molar-refractivity contribution in [3.63, 3.8) is 0 Å². The highest BCUT2D eigenvalue weighted by atomic mass is 15.1. The Kier molecular flexibility index (Phi) is 11.5. The summed E-state index contributed by atoms with van der Waals surface area (Å²) in [6, 6.07) is 0. The molecular formula is C16H31N. The fraction of sp³-hybridized carbons (Fsp3) is 0.750. The van der Waals surface area contributed by atoms with Crippen LogP contribution in [-0.2, 0) is 0 Å². The van der Waals surface area contributed by atoms with Gasteiger partial charge in [0.1, 0.15) is 0 Å². The van der Waals surface area contributed by atoms with Gasteiger partial charge in [0.2, 0.25) is 0 Å². The quantitative estimate of drug-likeness (QED) is 0.368. The van der Waals surface area contributed by atoms with E-state index in [2.05, 4.69) is 38.3 Å². The standard InChI is InChI=1S/C16H31N/c1-5-9-10-11-14-17(13-6-2)15-12-16(7-3)8-4/h6,12H,2,5,7-11,13-15H2,1,3-4H3. The molecule has 17 heavy (non-hydrogen) atoms. The van der Waals surface area contributed by atoms with Gasteiger partial charge in [-0.25, -0.2) is 0 Å². The first-order chi connectivity index (χ1) is 8.28. The largest absolute Gasteiger partial charge is 0.296 e. The Bertz CT molecular complexity index is 200. The smallest absolute Gasteiger partial charge is 0.0169 e. The van der Waals surface area contributed by atoms with Crippen LogP contribution in [0.5, 0.6) is 0 Å². The van der Waals surface area contributed by atoms with Crippen molar-refractivity contribution in [1.82, 2.24) is 4.90 Å². The van der Waals surface area contributed by atoms with Crippen LogP contribution in [0.2, 0.25) is 0 Å². The highest BCUT2D eigenvalue weighted by Crippen LogP contribution is 2.07. The van der Waals surface area contributed by atoms with E-state index in [1.165, 1.54) is 45.1 Å². The van der Waals surface area contributed by atoms with Gasteiger partial charge < -0.3 is 0 Å². The van der Waals surface area contributed by atoms with Crippen molar-refractivity contribution < 1.29 is 0 Å². The van der Waals surface area contributed by atoms with E-state index in [4.69, 9.17) is 0 Å². The van der Waals surface area contributed by atoms with Crippen molar-refractivity contribution in [3.05, 3.63) is 24.3 Å². The summed E-state index contributed by atoms with van der Waals surface area (Å²) in [5.74, 6) is 0. The average molecular weight is 237 g/mol. The first kappa shape index (κ1) is 16.4. The normalized spacial score (nSPS) is 10.6. The molecule has 0 saturated carbocycles. The Hall–Kier alpha value is -0.560. The number of unbranched alkanes of at least 4 members (excludes halogenated alkanes) is 3. The second-order valence-corrected chi connectivity index (χ2v) is 4.68. The summed E-state index contributed by atoms with van der Waals surface area (Å²) in [6.45, 7) is 13.9. The van der Waals surface area contributed by atoms with Crippen molar-refractivity contribution in [1.29, 1.82) is 0 Å². The molecule has 100 valence electrons. The number of nitrogens with zero attached hydrogens (tertiary/aromatic N) is 1. The van der Waals surface area contributed by atoms with E-state index in [1.54, 1.807) is 5.57 Å². The van der Waals surface area contributed by atoms with Gasteiger partial charge in [-0.15, -0.1) is 6.58 Å². The molecule has 0 rings (SSSR count). The molecule has 0 aliphatic heterocycles. The Morgan fingerprint density at radius 3 is 2.24 bits per heavy atom. The number of allylic oxidation sites excluding steroid dienone is 1. The minimum atomic E-state index is 1.02. The summed E-state index contributed by atoms with van der Waals surface area (Å²) in [5, 5.41) is 0. The van der Waals surface area contributed by atoms with E-state index >= 15 is 0 Å². The van der Waals surface area contributed by atoms with Crippen molar-refractivity contribution in [2.24, 2.45) is 0 Å². The van der Waals surface area contributed by atoms with Crippen molar-refractivity contribution >= 4 is 0 Å². The van der Waals surface area contributed by atoms with Crippen molar-refractivity contribution in [3.8, 4) is 0 Å². The Morgan fingerprint density at radius 1 is 1.00 bits per heavy atom. The topological polar surface area (TPSA) is 3.24 Å². The molecular weight excluding hydrogens is 206 g/mol. The van der Waals surface area contributed by atoms with E-state index in [9.17, 15) is 0 Å². The molecule has 1 nitrogen and oxygen atoms in total. The zero-order valence-electron chi connectivity index (χ0n) is 12.2. The summed E-state index contributed by atoms with van der Waals surface area (Å²) in [5.41, 5.74) is 1.58. The van der Waals surface area contributed by atoms with Crippen LogP contribution in [0.4, 0.5) is 0 Å². The third-order valence-corrected chi connectivity index (χ3v) is 3.26. The molecule has 0 aromatic carbocycles. The summed E-state index contributed by atoms with van der Waals surface area (Å²) >= 11 is 0. The molecule has 0 unspecified atom stereocenters. The molecule has 0 bridgehead atoms. The average Bonchev–Trinajstić information content (AvgIpc) is 2.35. The predicted octanol–water partition coefficient (Wildman–Crippen LogP) is 4.80. The molecule has 0 spiro atoms. The molecule has 0 heterocycles. The van der Waals surface area contributed by atoms with Crippen LogP contribution in [0.25, 0.3) is 0 Å². The monoisotopic (exact) mass is 237 g/mol. The van der Waals surface area contributed by atoms with E-state index in [0.717, 1.165) is 13.1 Å². The predicted molar refractivity (Wildman–Crippen MR) is 79.4 cm³/mol. The van der Waals surface area contributed by atoms with Crippen LogP contribution >= 0.6 is 0 Å². The lowest BCUT2D eigenvalue weighted by Gasteiger charge is -2.19. The minimum absolute atomic E-state index is 1.02. The van der Waals surface area contributed by atoms with Crippen LogP contribution in [0.15, 0.2) is 24.3 Å². The fourth-order valence-electron chi connectivity index (χ4n) is 2.00. The number of hydrogen-bond donors (Lipinski definition) is 0. The summed E-state index contributed by atoms with van der Waals surface area (Å²) in [6.07, 6.45) is 12.2. The summed E-state index contributed by atoms with van der Waals surface area (Å²) < 4.78 is 0. The van der Waals surface area contributed by atoms with Crippen LogP contribution in [0.1, 0.15) is 59.3 Å². The van der Waals surface area contributed by atoms with E-state index in [-0.39, 0.29) is 0 Å². The fourth-order valence-corrected chi connectivity index (χ4v) is 2.00. The Balaban J connectivity index is 3.96. The third-order valence-electron chi connectivity index (χ3n) is 3.26. The van der Waals surface area contributed by atoms with Gasteiger partial charge in [0.15, 0.2) is 0 Å². The molecule has 0 saturated heterocycles. The van der Waals surface area contributed by atoms with Gasteiger partial charge in [0.05, 0.1) is 0 Å². The van der Waals surface area contributed by atoms with Crippen LogP contribution in [0.3, 0.4) is 0 Å². The van der Waals surface area contributed by atoms with Gasteiger partial charge in [-0.05, 0) is 25.8 Å².